The number of hydrogen-bond donors (Lipinski definition) is 1. The molecule has 1 aromatic carbocycles. The van der Waals surface area contributed by atoms with Crippen LogP contribution in [0.2, 0.25) is 0 Å². The first-order chi connectivity index (χ1) is 5.79. The van der Waals surface area contributed by atoms with Crippen LogP contribution in [-0.4, -0.2) is 11.5 Å². The molecule has 0 amide bonds. The first kappa shape index (κ1) is 7.24. The molecule has 1 aliphatic heterocycles. The lowest BCUT2D eigenvalue weighted by Crippen LogP contribution is -2.21. The molecule has 0 radical (unpaired) electrons. The van der Waals surface area contributed by atoms with E-state index in [4.69, 9.17) is 0 Å². The summed E-state index contributed by atoms with van der Waals surface area (Å²) in [7, 11) is 0. The Kier molecular flexibility index (Phi) is 1.55. The highest BCUT2D eigenvalue weighted by molar-refractivity contribution is 5.79. The van der Waals surface area contributed by atoms with E-state index in [9.17, 15) is 9.60 Å². The average Bonchev–Trinajstić information content (AvgIpc) is 2.07. The standard InChI is InChI=1S/C8H7FN2O/c9-7-2-1-3-8-6(7)4-10-5-11(8)12/h1-3,5,12H,4H2. The highest BCUT2D eigenvalue weighted by Crippen LogP contribution is 2.24. The van der Waals surface area contributed by atoms with E-state index in [0.29, 0.717) is 17.8 Å². The van der Waals surface area contributed by atoms with Gasteiger partial charge in [0.15, 0.2) is 0 Å². The van der Waals surface area contributed by atoms with Gasteiger partial charge >= 0.3 is 0 Å². The second-order valence-corrected chi connectivity index (χ2v) is 2.54. The third-order valence-corrected chi connectivity index (χ3v) is 1.78. The fraction of sp³-hybridized carbons (Fsp3) is 0.125. The maximum atomic E-state index is 13.0. The minimum Gasteiger partial charge on any atom is -0.283 e. The Bertz CT molecular complexity index is 338. The number of fused-ring (bicyclic) bond motifs is 1. The lowest BCUT2D eigenvalue weighted by Gasteiger charge is -2.18. The number of anilines is 1. The van der Waals surface area contributed by atoms with Gasteiger partial charge in [-0.3, -0.25) is 10.2 Å². The summed E-state index contributed by atoms with van der Waals surface area (Å²) < 4.78 is 13.0. The molecule has 3 nitrogen and oxygen atoms in total. The number of benzene rings is 1. The molecule has 0 spiro atoms. The van der Waals surface area contributed by atoms with Gasteiger partial charge in [-0.1, -0.05) is 6.07 Å². The van der Waals surface area contributed by atoms with Crippen LogP contribution in [0.3, 0.4) is 0 Å². The van der Waals surface area contributed by atoms with Crippen LogP contribution in [0, 0.1) is 5.82 Å². The average molecular weight is 166 g/mol. The van der Waals surface area contributed by atoms with Gasteiger partial charge in [0.1, 0.15) is 12.2 Å². The lowest BCUT2D eigenvalue weighted by molar-refractivity contribution is 0.313. The van der Waals surface area contributed by atoms with E-state index in [1.165, 1.54) is 12.4 Å². The molecule has 2 rings (SSSR count). The van der Waals surface area contributed by atoms with Gasteiger partial charge in [0.05, 0.1) is 12.2 Å². The van der Waals surface area contributed by atoms with E-state index in [1.54, 1.807) is 12.1 Å². The molecule has 1 aromatic rings. The van der Waals surface area contributed by atoms with Crippen molar-refractivity contribution in [3.63, 3.8) is 0 Å². The zero-order valence-electron chi connectivity index (χ0n) is 6.24. The second-order valence-electron chi connectivity index (χ2n) is 2.54. The van der Waals surface area contributed by atoms with Crippen LogP contribution in [0.4, 0.5) is 10.1 Å². The Morgan fingerprint density at radius 3 is 3.08 bits per heavy atom. The van der Waals surface area contributed by atoms with E-state index in [0.717, 1.165) is 5.06 Å². The fourth-order valence-corrected chi connectivity index (χ4v) is 1.19. The van der Waals surface area contributed by atoms with Crippen LogP contribution in [0.1, 0.15) is 5.56 Å². The van der Waals surface area contributed by atoms with E-state index in [2.05, 4.69) is 4.99 Å². The molecule has 0 saturated heterocycles. The topological polar surface area (TPSA) is 35.8 Å². The highest BCUT2D eigenvalue weighted by Gasteiger charge is 2.14. The zero-order valence-corrected chi connectivity index (χ0v) is 6.24. The molecule has 0 saturated carbocycles. The number of aliphatic imine (C=N–C) groups is 1. The zero-order chi connectivity index (χ0) is 8.55. The monoisotopic (exact) mass is 166 g/mol. The summed E-state index contributed by atoms with van der Waals surface area (Å²) in [5.41, 5.74) is 0.896. The molecule has 4 heteroatoms. The number of rotatable bonds is 0. The molecule has 0 fully saturated rings. The van der Waals surface area contributed by atoms with Crippen LogP contribution in [0.25, 0.3) is 0 Å². The molecule has 1 heterocycles. The van der Waals surface area contributed by atoms with Gasteiger partial charge in [-0.25, -0.2) is 9.45 Å². The molecular weight excluding hydrogens is 159 g/mol. The molecule has 1 aliphatic rings. The smallest absolute Gasteiger partial charge is 0.130 e. The SMILES string of the molecule is ON1C=NCc2c(F)cccc21. The summed E-state index contributed by atoms with van der Waals surface area (Å²) in [4.78, 5) is 3.77. The van der Waals surface area contributed by atoms with Gasteiger partial charge in [0.2, 0.25) is 0 Å². The predicted octanol–water partition coefficient (Wildman–Crippen LogP) is 1.56. The van der Waals surface area contributed by atoms with Gasteiger partial charge in [-0.2, -0.15) is 0 Å². The largest absolute Gasteiger partial charge is 0.283 e. The summed E-state index contributed by atoms with van der Waals surface area (Å²) in [6.07, 6.45) is 1.27. The van der Waals surface area contributed by atoms with Crippen molar-refractivity contribution >= 4 is 12.0 Å². The minimum absolute atomic E-state index is 0.291. The maximum absolute atomic E-state index is 13.0. The molecule has 12 heavy (non-hydrogen) atoms. The molecule has 1 N–H and O–H groups in total. The van der Waals surface area contributed by atoms with E-state index in [1.807, 2.05) is 0 Å². The second kappa shape index (κ2) is 2.57. The van der Waals surface area contributed by atoms with E-state index >= 15 is 0 Å². The van der Waals surface area contributed by atoms with Crippen molar-refractivity contribution in [3.05, 3.63) is 29.6 Å². The van der Waals surface area contributed by atoms with Crippen molar-refractivity contribution in [2.45, 2.75) is 6.54 Å². The van der Waals surface area contributed by atoms with Gasteiger partial charge < -0.3 is 0 Å². The van der Waals surface area contributed by atoms with Gasteiger partial charge in [-0.05, 0) is 12.1 Å². The lowest BCUT2D eigenvalue weighted by atomic mass is 10.1. The normalized spacial score (nSPS) is 14.7. The molecular formula is C8H7FN2O. The molecule has 62 valence electrons. The van der Waals surface area contributed by atoms with E-state index < -0.39 is 0 Å². The number of hydroxylamine groups is 1. The summed E-state index contributed by atoms with van der Waals surface area (Å²) in [5.74, 6) is -0.330. The maximum Gasteiger partial charge on any atom is 0.130 e. The Labute approximate surface area is 68.7 Å². The minimum atomic E-state index is -0.330. The van der Waals surface area contributed by atoms with E-state index in [-0.39, 0.29) is 5.82 Å². The predicted molar refractivity (Wildman–Crippen MR) is 42.9 cm³/mol. The number of hydrogen-bond acceptors (Lipinski definition) is 3. The molecule has 0 aromatic heterocycles. The molecule has 0 atom stereocenters. The van der Waals surface area contributed by atoms with Crippen molar-refractivity contribution in [3.8, 4) is 0 Å². The Hall–Kier alpha value is -1.42. The van der Waals surface area contributed by atoms with Crippen LogP contribution >= 0.6 is 0 Å². The Morgan fingerprint density at radius 1 is 1.50 bits per heavy atom. The Morgan fingerprint density at radius 2 is 2.33 bits per heavy atom. The van der Waals surface area contributed by atoms with Crippen molar-refractivity contribution in [1.82, 2.24) is 0 Å². The van der Waals surface area contributed by atoms with Crippen LogP contribution < -0.4 is 5.06 Å². The third kappa shape index (κ3) is 0.967. The summed E-state index contributed by atoms with van der Waals surface area (Å²) in [6.45, 7) is 0.291. The first-order valence-electron chi connectivity index (χ1n) is 3.54. The third-order valence-electron chi connectivity index (χ3n) is 1.78. The van der Waals surface area contributed by atoms with Crippen molar-refractivity contribution in [1.29, 1.82) is 0 Å². The molecule has 0 bridgehead atoms. The highest BCUT2D eigenvalue weighted by atomic mass is 19.1. The summed E-state index contributed by atoms with van der Waals surface area (Å²) in [6, 6.07) is 4.55. The van der Waals surface area contributed by atoms with Gasteiger partial charge in [0, 0.05) is 5.56 Å². The molecule has 0 aliphatic carbocycles. The van der Waals surface area contributed by atoms with Crippen LogP contribution in [-0.2, 0) is 6.54 Å². The Balaban J connectivity index is 2.57. The summed E-state index contributed by atoms with van der Waals surface area (Å²) in [5, 5.41) is 10.0. The number of nitrogens with zero attached hydrogens (tertiary/aromatic N) is 2. The van der Waals surface area contributed by atoms with Crippen LogP contribution in [0.15, 0.2) is 23.2 Å². The van der Waals surface area contributed by atoms with Crippen molar-refractivity contribution < 1.29 is 9.60 Å². The van der Waals surface area contributed by atoms with Crippen LogP contribution in [0.5, 0.6) is 0 Å². The van der Waals surface area contributed by atoms with Crippen molar-refractivity contribution in [2.24, 2.45) is 4.99 Å². The fourth-order valence-electron chi connectivity index (χ4n) is 1.19. The number of halogens is 1. The van der Waals surface area contributed by atoms with Gasteiger partial charge in [-0.15, -0.1) is 0 Å². The first-order valence-corrected chi connectivity index (χ1v) is 3.54. The summed E-state index contributed by atoms with van der Waals surface area (Å²) >= 11 is 0. The quantitative estimate of drug-likeness (QED) is 0.634. The van der Waals surface area contributed by atoms with Crippen molar-refractivity contribution in [2.75, 3.05) is 5.06 Å². The molecule has 0 unspecified atom stereocenters. The van der Waals surface area contributed by atoms with Gasteiger partial charge in [0.25, 0.3) is 0 Å².